The summed E-state index contributed by atoms with van der Waals surface area (Å²) in [5.41, 5.74) is 0.574. The van der Waals surface area contributed by atoms with Gasteiger partial charge in [-0.05, 0) is 43.0 Å². The van der Waals surface area contributed by atoms with E-state index in [0.717, 1.165) is 19.3 Å². The molecule has 23 heavy (non-hydrogen) atoms. The van der Waals surface area contributed by atoms with Gasteiger partial charge < -0.3 is 10.1 Å². The van der Waals surface area contributed by atoms with Gasteiger partial charge in [0.05, 0.1) is 16.8 Å². The molecular formula is C17H25NO4S. The summed E-state index contributed by atoms with van der Waals surface area (Å²) in [4.78, 5) is 12.2. The van der Waals surface area contributed by atoms with Crippen LogP contribution in [0.5, 0.6) is 0 Å². The molecule has 0 bridgehead atoms. The Kier molecular flexibility index (Phi) is 6.18. The van der Waals surface area contributed by atoms with Crippen molar-refractivity contribution in [3.05, 3.63) is 24.3 Å². The standard InChI is InChI=1S/C17H25NO4S/c1-3-23(20,21)15-10-8-14(9-11-15)18-17(19)12-22-16-7-5-4-6-13(16)2/h8-11,13,16H,3-7,12H2,1-2H3,(H,18,19)/t13-,16+/m1/s1. The number of ether oxygens (including phenoxy) is 1. The number of amides is 1. The summed E-state index contributed by atoms with van der Waals surface area (Å²) in [6.07, 6.45) is 4.72. The van der Waals surface area contributed by atoms with E-state index in [1.54, 1.807) is 19.1 Å². The van der Waals surface area contributed by atoms with Gasteiger partial charge in [-0.25, -0.2) is 8.42 Å². The second-order valence-electron chi connectivity index (χ2n) is 6.09. The average molecular weight is 339 g/mol. The number of hydrogen-bond acceptors (Lipinski definition) is 4. The summed E-state index contributed by atoms with van der Waals surface area (Å²) in [5.74, 6) is 0.343. The largest absolute Gasteiger partial charge is 0.368 e. The zero-order valence-electron chi connectivity index (χ0n) is 13.7. The average Bonchev–Trinajstić information content (AvgIpc) is 2.54. The van der Waals surface area contributed by atoms with Crippen molar-refractivity contribution in [3.63, 3.8) is 0 Å². The lowest BCUT2D eigenvalue weighted by Gasteiger charge is -2.28. The Morgan fingerprint density at radius 3 is 2.48 bits per heavy atom. The first-order chi connectivity index (χ1) is 10.9. The summed E-state index contributed by atoms with van der Waals surface area (Å²) in [6.45, 7) is 3.80. The van der Waals surface area contributed by atoms with Crippen LogP contribution in [0.3, 0.4) is 0 Å². The van der Waals surface area contributed by atoms with E-state index < -0.39 is 9.84 Å². The second kappa shape index (κ2) is 7.93. The maximum Gasteiger partial charge on any atom is 0.250 e. The van der Waals surface area contributed by atoms with Crippen LogP contribution in [0.15, 0.2) is 29.2 Å². The van der Waals surface area contributed by atoms with Gasteiger partial charge in [-0.2, -0.15) is 0 Å². The third-order valence-electron chi connectivity index (χ3n) is 4.34. The molecule has 1 aromatic carbocycles. The molecule has 1 fully saturated rings. The lowest BCUT2D eigenvalue weighted by Crippen LogP contribution is -2.29. The van der Waals surface area contributed by atoms with E-state index in [0.29, 0.717) is 11.6 Å². The molecule has 5 nitrogen and oxygen atoms in total. The highest BCUT2D eigenvalue weighted by molar-refractivity contribution is 7.91. The van der Waals surface area contributed by atoms with Gasteiger partial charge in [0.2, 0.25) is 5.91 Å². The number of carbonyl (C=O) groups excluding carboxylic acids is 1. The van der Waals surface area contributed by atoms with Gasteiger partial charge >= 0.3 is 0 Å². The predicted octanol–water partition coefficient (Wildman–Crippen LogP) is 3.01. The quantitative estimate of drug-likeness (QED) is 0.865. The van der Waals surface area contributed by atoms with E-state index in [1.165, 1.54) is 18.6 Å². The van der Waals surface area contributed by atoms with Crippen LogP contribution < -0.4 is 5.32 Å². The molecular weight excluding hydrogens is 314 g/mol. The molecule has 1 saturated carbocycles. The second-order valence-corrected chi connectivity index (χ2v) is 8.37. The smallest absolute Gasteiger partial charge is 0.250 e. The zero-order valence-corrected chi connectivity index (χ0v) is 14.6. The normalized spacial score (nSPS) is 21.8. The van der Waals surface area contributed by atoms with Gasteiger partial charge in [-0.15, -0.1) is 0 Å². The first-order valence-corrected chi connectivity index (χ1v) is 9.82. The summed E-state index contributed by atoms with van der Waals surface area (Å²) in [7, 11) is -3.21. The molecule has 1 aliphatic carbocycles. The van der Waals surface area contributed by atoms with Gasteiger partial charge in [-0.1, -0.05) is 26.7 Å². The molecule has 0 saturated heterocycles. The molecule has 1 aliphatic rings. The Labute approximate surface area is 138 Å². The fraction of sp³-hybridized carbons (Fsp3) is 0.588. The topological polar surface area (TPSA) is 72.5 Å². The molecule has 1 amide bonds. The van der Waals surface area contributed by atoms with Crippen LogP contribution in [-0.2, 0) is 19.4 Å². The number of carbonyl (C=O) groups is 1. The summed E-state index contributed by atoms with van der Waals surface area (Å²) in [6, 6.07) is 6.23. The van der Waals surface area contributed by atoms with E-state index in [-0.39, 0.29) is 29.3 Å². The molecule has 0 aromatic heterocycles. The number of benzene rings is 1. The lowest BCUT2D eigenvalue weighted by atomic mass is 9.88. The maximum atomic E-state index is 11.9. The van der Waals surface area contributed by atoms with Crippen molar-refractivity contribution in [2.75, 3.05) is 17.7 Å². The highest BCUT2D eigenvalue weighted by Gasteiger charge is 2.22. The number of nitrogens with one attached hydrogen (secondary N) is 1. The number of anilines is 1. The molecule has 0 spiro atoms. The van der Waals surface area contributed by atoms with Crippen LogP contribution in [0.2, 0.25) is 0 Å². The van der Waals surface area contributed by atoms with Gasteiger partial charge in [0, 0.05) is 5.69 Å². The van der Waals surface area contributed by atoms with Crippen LogP contribution in [0.25, 0.3) is 0 Å². The van der Waals surface area contributed by atoms with E-state index in [4.69, 9.17) is 4.74 Å². The minimum absolute atomic E-state index is 0.0318. The van der Waals surface area contributed by atoms with Crippen LogP contribution >= 0.6 is 0 Å². The molecule has 1 aromatic rings. The van der Waals surface area contributed by atoms with Gasteiger partial charge in [0.1, 0.15) is 6.61 Å². The first-order valence-electron chi connectivity index (χ1n) is 8.16. The van der Waals surface area contributed by atoms with Crippen molar-refractivity contribution < 1.29 is 17.9 Å². The monoisotopic (exact) mass is 339 g/mol. The van der Waals surface area contributed by atoms with Crippen LogP contribution in [0.4, 0.5) is 5.69 Å². The predicted molar refractivity (Wildman–Crippen MR) is 90.2 cm³/mol. The molecule has 128 valence electrons. The van der Waals surface area contributed by atoms with Crippen LogP contribution in [0.1, 0.15) is 39.5 Å². The van der Waals surface area contributed by atoms with Crippen molar-refractivity contribution in [2.24, 2.45) is 5.92 Å². The first kappa shape index (κ1) is 17.9. The van der Waals surface area contributed by atoms with Crippen molar-refractivity contribution in [3.8, 4) is 0 Å². The lowest BCUT2D eigenvalue weighted by molar-refractivity contribution is -0.124. The summed E-state index contributed by atoms with van der Waals surface area (Å²) in [5, 5.41) is 2.73. The molecule has 2 rings (SSSR count). The van der Waals surface area contributed by atoms with E-state index in [2.05, 4.69) is 12.2 Å². The fourth-order valence-electron chi connectivity index (χ4n) is 2.82. The third kappa shape index (κ3) is 5.04. The summed E-state index contributed by atoms with van der Waals surface area (Å²) < 4.78 is 29.2. The van der Waals surface area contributed by atoms with E-state index in [1.807, 2.05) is 0 Å². The Balaban J connectivity index is 1.85. The number of hydrogen-bond donors (Lipinski definition) is 1. The molecule has 0 radical (unpaired) electrons. The Bertz CT molecular complexity index is 624. The highest BCUT2D eigenvalue weighted by atomic mass is 32.2. The fourth-order valence-corrected chi connectivity index (χ4v) is 3.71. The molecule has 0 aliphatic heterocycles. The number of sulfone groups is 1. The molecule has 1 N–H and O–H groups in total. The van der Waals surface area contributed by atoms with E-state index in [9.17, 15) is 13.2 Å². The summed E-state index contributed by atoms with van der Waals surface area (Å²) >= 11 is 0. The van der Waals surface area contributed by atoms with Gasteiger partial charge in [-0.3, -0.25) is 4.79 Å². The zero-order chi connectivity index (χ0) is 16.9. The molecule has 0 heterocycles. The molecule has 6 heteroatoms. The SMILES string of the molecule is CCS(=O)(=O)c1ccc(NC(=O)CO[C@H]2CCCC[C@H]2C)cc1. The van der Waals surface area contributed by atoms with Gasteiger partial charge in [0.25, 0.3) is 0 Å². The highest BCUT2D eigenvalue weighted by Crippen LogP contribution is 2.26. The van der Waals surface area contributed by atoms with Crippen molar-refractivity contribution in [1.82, 2.24) is 0 Å². The Morgan fingerprint density at radius 2 is 1.87 bits per heavy atom. The molecule has 2 atom stereocenters. The van der Waals surface area contributed by atoms with Crippen molar-refractivity contribution in [2.45, 2.75) is 50.5 Å². The van der Waals surface area contributed by atoms with Gasteiger partial charge in [0.15, 0.2) is 9.84 Å². The van der Waals surface area contributed by atoms with Crippen LogP contribution in [-0.4, -0.2) is 32.8 Å². The Hall–Kier alpha value is -1.40. The number of rotatable bonds is 6. The molecule has 0 unspecified atom stereocenters. The van der Waals surface area contributed by atoms with E-state index >= 15 is 0 Å². The minimum Gasteiger partial charge on any atom is -0.368 e. The minimum atomic E-state index is -3.21. The van der Waals surface area contributed by atoms with Crippen molar-refractivity contribution in [1.29, 1.82) is 0 Å². The van der Waals surface area contributed by atoms with Crippen molar-refractivity contribution >= 4 is 21.4 Å². The maximum absolute atomic E-state index is 11.9. The Morgan fingerprint density at radius 1 is 1.22 bits per heavy atom. The van der Waals surface area contributed by atoms with Crippen LogP contribution in [0, 0.1) is 5.92 Å². The third-order valence-corrected chi connectivity index (χ3v) is 6.09.